The lowest BCUT2D eigenvalue weighted by molar-refractivity contribution is -0.139. The SMILES string of the molecule is Cc1cc(Oc2ccc(N)cc2C(F)(F)F)cc(Oc2ccc(N)cc2C(F)(F)F)c1. The third kappa shape index (κ3) is 5.33. The van der Waals surface area contributed by atoms with Crippen molar-refractivity contribution in [3.05, 3.63) is 71.3 Å². The van der Waals surface area contributed by atoms with Gasteiger partial charge in [0, 0.05) is 17.4 Å². The van der Waals surface area contributed by atoms with Crippen molar-refractivity contribution in [1.29, 1.82) is 0 Å². The zero-order chi connectivity index (χ0) is 23.0. The van der Waals surface area contributed by atoms with Crippen LogP contribution in [0.5, 0.6) is 23.0 Å². The van der Waals surface area contributed by atoms with Crippen LogP contribution in [-0.2, 0) is 12.4 Å². The number of aryl methyl sites for hydroxylation is 1. The second-order valence-electron chi connectivity index (χ2n) is 6.69. The maximum absolute atomic E-state index is 13.3. The number of hydrogen-bond donors (Lipinski definition) is 2. The third-order valence-electron chi connectivity index (χ3n) is 4.10. The van der Waals surface area contributed by atoms with Crippen molar-refractivity contribution in [3.8, 4) is 23.0 Å². The van der Waals surface area contributed by atoms with Crippen LogP contribution in [0.3, 0.4) is 0 Å². The Balaban J connectivity index is 1.97. The molecule has 0 aliphatic carbocycles. The molecule has 0 bridgehead atoms. The van der Waals surface area contributed by atoms with Crippen molar-refractivity contribution in [2.75, 3.05) is 11.5 Å². The Morgan fingerprint density at radius 1 is 0.613 bits per heavy atom. The summed E-state index contributed by atoms with van der Waals surface area (Å²) in [5, 5.41) is 0. The van der Waals surface area contributed by atoms with E-state index in [0.717, 1.165) is 24.3 Å². The zero-order valence-electron chi connectivity index (χ0n) is 15.9. The van der Waals surface area contributed by atoms with Gasteiger partial charge >= 0.3 is 12.4 Å². The summed E-state index contributed by atoms with van der Waals surface area (Å²) < 4.78 is 90.5. The van der Waals surface area contributed by atoms with Gasteiger partial charge in [0.05, 0.1) is 0 Å². The fourth-order valence-electron chi connectivity index (χ4n) is 2.80. The quantitative estimate of drug-likeness (QED) is 0.345. The van der Waals surface area contributed by atoms with Crippen LogP contribution in [-0.4, -0.2) is 0 Å². The summed E-state index contributed by atoms with van der Waals surface area (Å²) in [6, 6.07) is 10.1. The zero-order valence-corrected chi connectivity index (χ0v) is 15.9. The first-order valence-electron chi connectivity index (χ1n) is 8.74. The number of hydrogen-bond acceptors (Lipinski definition) is 4. The predicted molar refractivity (Wildman–Crippen MR) is 103 cm³/mol. The van der Waals surface area contributed by atoms with E-state index in [1.807, 2.05) is 0 Å². The van der Waals surface area contributed by atoms with Crippen molar-refractivity contribution in [2.24, 2.45) is 0 Å². The van der Waals surface area contributed by atoms with Gasteiger partial charge in [0.1, 0.15) is 34.1 Å². The highest BCUT2D eigenvalue weighted by Crippen LogP contribution is 2.42. The van der Waals surface area contributed by atoms with E-state index >= 15 is 0 Å². The molecule has 0 aliphatic heterocycles. The molecule has 0 aromatic heterocycles. The van der Waals surface area contributed by atoms with Crippen molar-refractivity contribution >= 4 is 11.4 Å². The van der Waals surface area contributed by atoms with Gasteiger partial charge in [-0.25, -0.2) is 0 Å². The van der Waals surface area contributed by atoms with Crippen molar-refractivity contribution in [1.82, 2.24) is 0 Å². The summed E-state index contributed by atoms with van der Waals surface area (Å²) in [5.41, 5.74) is 8.98. The van der Waals surface area contributed by atoms with E-state index in [-0.39, 0.29) is 22.9 Å². The van der Waals surface area contributed by atoms with Crippen LogP contribution < -0.4 is 20.9 Å². The minimum Gasteiger partial charge on any atom is -0.457 e. The number of benzene rings is 3. The van der Waals surface area contributed by atoms with Crippen LogP contribution in [0.2, 0.25) is 0 Å². The van der Waals surface area contributed by atoms with Gasteiger partial charge in [-0.15, -0.1) is 0 Å². The first-order valence-corrected chi connectivity index (χ1v) is 8.74. The lowest BCUT2D eigenvalue weighted by atomic mass is 10.1. The summed E-state index contributed by atoms with van der Waals surface area (Å²) in [6.07, 6.45) is -9.45. The number of ether oxygens (including phenoxy) is 2. The van der Waals surface area contributed by atoms with Gasteiger partial charge < -0.3 is 20.9 Å². The number of rotatable bonds is 4. The molecule has 0 fully saturated rings. The molecule has 4 N–H and O–H groups in total. The third-order valence-corrected chi connectivity index (χ3v) is 4.10. The molecule has 0 amide bonds. The standard InChI is InChI=1S/C21H16F6N2O2/c1-11-6-14(30-18-4-2-12(28)8-16(18)20(22,23)24)10-15(7-11)31-19-5-3-13(29)9-17(19)21(25,26)27/h2-10H,28-29H2,1H3. The van der Waals surface area contributed by atoms with Crippen LogP contribution in [0, 0.1) is 6.92 Å². The molecule has 3 rings (SSSR count). The lowest BCUT2D eigenvalue weighted by Gasteiger charge is -2.17. The first kappa shape index (κ1) is 22.1. The number of nitrogen functional groups attached to an aromatic ring is 2. The van der Waals surface area contributed by atoms with E-state index < -0.39 is 35.0 Å². The average molecular weight is 442 g/mol. The average Bonchev–Trinajstić information content (AvgIpc) is 2.62. The molecule has 0 heterocycles. The Hall–Kier alpha value is -3.56. The van der Waals surface area contributed by atoms with E-state index in [9.17, 15) is 26.3 Å². The Kier molecular flexibility index (Phi) is 5.66. The minimum absolute atomic E-state index is 0.0609. The summed E-state index contributed by atoms with van der Waals surface area (Å²) in [5.74, 6) is -1.15. The normalized spacial score (nSPS) is 12.0. The van der Waals surface area contributed by atoms with Crippen LogP contribution >= 0.6 is 0 Å². The van der Waals surface area contributed by atoms with Gasteiger partial charge in [0.15, 0.2) is 0 Å². The Morgan fingerprint density at radius 2 is 1.00 bits per heavy atom. The largest absolute Gasteiger partial charge is 0.457 e. The summed E-state index contributed by atoms with van der Waals surface area (Å²) in [7, 11) is 0. The van der Waals surface area contributed by atoms with Gasteiger partial charge in [0.25, 0.3) is 0 Å². The second kappa shape index (κ2) is 7.93. The molecule has 0 saturated heterocycles. The van der Waals surface area contributed by atoms with E-state index in [2.05, 4.69) is 0 Å². The summed E-state index contributed by atoms with van der Waals surface area (Å²) in [6.45, 7) is 1.58. The molecule has 0 atom stereocenters. The molecule has 0 radical (unpaired) electrons. The molecule has 0 spiro atoms. The van der Waals surface area contributed by atoms with E-state index in [4.69, 9.17) is 20.9 Å². The number of halogens is 6. The van der Waals surface area contributed by atoms with Crippen LogP contribution in [0.1, 0.15) is 16.7 Å². The smallest absolute Gasteiger partial charge is 0.420 e. The van der Waals surface area contributed by atoms with E-state index in [1.54, 1.807) is 6.92 Å². The molecule has 3 aromatic rings. The molecular formula is C21H16F6N2O2. The predicted octanol–water partition coefficient (Wildman–Crippen LogP) is 6.78. The maximum Gasteiger partial charge on any atom is 0.420 e. The van der Waals surface area contributed by atoms with Gasteiger partial charge in [-0.3, -0.25) is 0 Å². The van der Waals surface area contributed by atoms with Crippen LogP contribution in [0.4, 0.5) is 37.7 Å². The molecule has 0 saturated carbocycles. The van der Waals surface area contributed by atoms with E-state index in [0.29, 0.717) is 5.56 Å². The molecule has 4 nitrogen and oxygen atoms in total. The van der Waals surface area contributed by atoms with Gasteiger partial charge in [0.2, 0.25) is 0 Å². The monoisotopic (exact) mass is 442 g/mol. The Labute approximate surface area is 173 Å². The molecule has 31 heavy (non-hydrogen) atoms. The van der Waals surface area contributed by atoms with Crippen molar-refractivity contribution in [3.63, 3.8) is 0 Å². The molecule has 0 aliphatic rings. The highest BCUT2D eigenvalue weighted by Gasteiger charge is 2.36. The molecule has 3 aromatic carbocycles. The summed E-state index contributed by atoms with van der Waals surface area (Å²) >= 11 is 0. The van der Waals surface area contributed by atoms with Crippen molar-refractivity contribution in [2.45, 2.75) is 19.3 Å². The van der Waals surface area contributed by atoms with Gasteiger partial charge in [-0.05, 0) is 61.0 Å². The van der Waals surface area contributed by atoms with Gasteiger partial charge in [-0.1, -0.05) is 0 Å². The molecule has 10 heteroatoms. The lowest BCUT2D eigenvalue weighted by Crippen LogP contribution is -2.08. The minimum atomic E-state index is -4.72. The molecule has 0 unspecified atom stereocenters. The van der Waals surface area contributed by atoms with Crippen molar-refractivity contribution < 1.29 is 35.8 Å². The topological polar surface area (TPSA) is 70.5 Å². The Bertz CT molecular complexity index is 1030. The van der Waals surface area contributed by atoms with Crippen LogP contribution in [0.15, 0.2) is 54.6 Å². The fourth-order valence-corrected chi connectivity index (χ4v) is 2.80. The second-order valence-corrected chi connectivity index (χ2v) is 6.69. The van der Waals surface area contributed by atoms with E-state index in [1.165, 1.54) is 30.3 Å². The Morgan fingerprint density at radius 3 is 1.35 bits per heavy atom. The summed E-state index contributed by atoms with van der Waals surface area (Å²) in [4.78, 5) is 0. The van der Waals surface area contributed by atoms with Gasteiger partial charge in [-0.2, -0.15) is 26.3 Å². The number of alkyl halides is 6. The number of nitrogens with two attached hydrogens (primary N) is 2. The van der Waals surface area contributed by atoms with Crippen LogP contribution in [0.25, 0.3) is 0 Å². The highest BCUT2D eigenvalue weighted by atomic mass is 19.4. The highest BCUT2D eigenvalue weighted by molar-refractivity contribution is 5.53. The first-order chi connectivity index (χ1) is 14.3. The molecular weight excluding hydrogens is 426 g/mol. The fraction of sp³-hybridized carbons (Fsp3) is 0.143. The maximum atomic E-state index is 13.3. The number of anilines is 2. The molecule has 164 valence electrons.